The van der Waals surface area contributed by atoms with Crippen molar-refractivity contribution in [1.29, 1.82) is 0 Å². The van der Waals surface area contributed by atoms with Gasteiger partial charge in [0.2, 0.25) is 0 Å². The summed E-state index contributed by atoms with van der Waals surface area (Å²) in [5.74, 6) is 0. The van der Waals surface area contributed by atoms with E-state index in [1.54, 1.807) is 0 Å². The first-order chi connectivity index (χ1) is 19.9. The van der Waals surface area contributed by atoms with E-state index in [4.69, 9.17) is 4.79 Å². The molecule has 0 spiro atoms. The van der Waals surface area contributed by atoms with E-state index in [1.807, 2.05) is 6.79 Å². The van der Waals surface area contributed by atoms with Gasteiger partial charge in [-0.1, -0.05) is 0 Å². The predicted molar refractivity (Wildman–Crippen MR) is 175 cm³/mol. The normalized spacial score (nSPS) is 9.23. The molecular formula is C37H32As2Cl3ORh. The van der Waals surface area contributed by atoms with E-state index in [1.165, 1.54) is 26.1 Å². The summed E-state index contributed by atoms with van der Waals surface area (Å²) in [6, 6.07) is 65.4. The Labute approximate surface area is 303 Å². The zero-order valence-electron chi connectivity index (χ0n) is 23.8. The van der Waals surface area contributed by atoms with Crippen LogP contribution in [0.25, 0.3) is 0 Å². The molecule has 6 aromatic carbocycles. The molecule has 0 atom stereocenters. The van der Waals surface area contributed by atoms with Crippen LogP contribution in [0.15, 0.2) is 182 Å². The number of hydrogen-bond acceptors (Lipinski definition) is 1. The van der Waals surface area contributed by atoms with Crippen LogP contribution >= 0.6 is 0 Å². The maximum absolute atomic E-state index is 8.00. The summed E-state index contributed by atoms with van der Waals surface area (Å²) in [7, 11) is 0. The third-order valence-electron chi connectivity index (χ3n) is 6.09. The molecule has 0 amide bonds. The van der Waals surface area contributed by atoms with Gasteiger partial charge in [0.15, 0.2) is 0 Å². The van der Waals surface area contributed by atoms with Gasteiger partial charge in [0.05, 0.1) is 0 Å². The molecule has 0 aliphatic carbocycles. The van der Waals surface area contributed by atoms with Gasteiger partial charge in [-0.15, -0.1) is 0 Å². The van der Waals surface area contributed by atoms with E-state index >= 15 is 0 Å². The summed E-state index contributed by atoms with van der Waals surface area (Å²) in [6.07, 6.45) is 0. The molecule has 0 heterocycles. The van der Waals surface area contributed by atoms with Gasteiger partial charge in [0.1, 0.15) is 6.79 Å². The molecule has 7 heteroatoms. The molecule has 6 aromatic rings. The average molecular weight is 852 g/mol. The molecule has 0 aliphatic rings. The van der Waals surface area contributed by atoms with E-state index in [2.05, 4.69) is 182 Å². The summed E-state index contributed by atoms with van der Waals surface area (Å²) in [5.41, 5.74) is 0. The third kappa shape index (κ3) is 12.2. The molecule has 226 valence electrons. The van der Waals surface area contributed by atoms with Crippen molar-refractivity contribution < 1.29 is 61.5 Å². The van der Waals surface area contributed by atoms with Crippen molar-refractivity contribution >= 4 is 62.2 Å². The van der Waals surface area contributed by atoms with Crippen molar-refractivity contribution in [3.8, 4) is 0 Å². The third-order valence-corrected chi connectivity index (χ3v) is 16.3. The number of carbonyl (C=O) groups excluding carboxylic acids is 1. The Balaban J connectivity index is 0.000000733. The average Bonchev–Trinajstić information content (AvgIpc) is 3.06. The number of rotatable bonds is 6. The van der Waals surface area contributed by atoms with E-state index in [9.17, 15) is 0 Å². The Morgan fingerprint density at radius 3 is 0.500 bits per heavy atom. The molecule has 0 N–H and O–H groups in total. The molecule has 0 saturated carbocycles. The van der Waals surface area contributed by atoms with Gasteiger partial charge in [-0.2, -0.15) is 0 Å². The van der Waals surface area contributed by atoms with Crippen LogP contribution in [0.4, 0.5) is 0 Å². The quantitative estimate of drug-likeness (QED) is 0.154. The van der Waals surface area contributed by atoms with Crippen LogP contribution in [-0.2, 0) is 24.3 Å². The number of hydrogen-bond donors (Lipinski definition) is 0. The Morgan fingerprint density at radius 1 is 0.273 bits per heavy atom. The summed E-state index contributed by atoms with van der Waals surface area (Å²) in [4.78, 5) is 8.00. The van der Waals surface area contributed by atoms with Gasteiger partial charge >= 0.3 is 257 Å². The first kappa shape index (κ1) is 41.6. The summed E-state index contributed by atoms with van der Waals surface area (Å²) in [6.45, 7) is 2.00. The first-order valence-electron chi connectivity index (χ1n) is 13.1. The van der Waals surface area contributed by atoms with Crippen LogP contribution in [-0.4, -0.2) is 36.1 Å². The van der Waals surface area contributed by atoms with Gasteiger partial charge in [-0.05, 0) is 0 Å². The van der Waals surface area contributed by atoms with Crippen LogP contribution in [0, 0.1) is 0 Å². The fraction of sp³-hybridized carbons (Fsp3) is 0. The van der Waals surface area contributed by atoms with Gasteiger partial charge in [0, 0.05) is 0 Å². The predicted octanol–water partition coefficient (Wildman–Crippen LogP) is -4.77. The summed E-state index contributed by atoms with van der Waals surface area (Å²) >= 11 is -2.78. The maximum atomic E-state index is 8.00. The standard InChI is InChI=1S/2C18H15As.CH2O.3ClH.Rh/c2*1-4-10-16(11-5-1)19(17-12-6-2-7-13-17)18-14-8-3-9-15-18;1-2;;;;/h2*1-15H;1H2;3*1H;/q;;;;;;+3/p-3. The first-order valence-corrected chi connectivity index (χ1v) is 18.7. The Kier molecular flexibility index (Phi) is 22.6. The molecule has 0 saturated heterocycles. The van der Waals surface area contributed by atoms with Crippen molar-refractivity contribution in [2.45, 2.75) is 0 Å². The molecule has 0 bridgehead atoms. The molecular weight excluding hydrogens is 820 g/mol. The number of halogens is 3. The molecule has 0 radical (unpaired) electrons. The topological polar surface area (TPSA) is 17.1 Å². The molecule has 0 aliphatic heterocycles. The minimum absolute atomic E-state index is 0. The zero-order valence-corrected chi connectivity index (χ0v) is 31.5. The minimum atomic E-state index is -1.39. The number of carbonyl (C=O) groups is 1. The second kappa shape index (κ2) is 23.9. The molecule has 0 aromatic heterocycles. The Bertz CT molecular complexity index is 1210. The van der Waals surface area contributed by atoms with Crippen molar-refractivity contribution in [3.63, 3.8) is 0 Å². The van der Waals surface area contributed by atoms with E-state index in [0.717, 1.165) is 0 Å². The van der Waals surface area contributed by atoms with Gasteiger partial charge < -0.3 is 42.0 Å². The van der Waals surface area contributed by atoms with Crippen molar-refractivity contribution in [2.75, 3.05) is 0 Å². The van der Waals surface area contributed by atoms with E-state index < -0.39 is 29.3 Å². The van der Waals surface area contributed by atoms with Crippen LogP contribution < -0.4 is 63.3 Å². The SMILES string of the molecule is C=O.[Cl-].[Cl-].[Cl-].[Rh+3].c1ccc([As](c2ccccc2)c2ccccc2)cc1.c1ccc([As](c2ccccc2)c2ccccc2)cc1. The summed E-state index contributed by atoms with van der Waals surface area (Å²) < 4.78 is 8.87. The van der Waals surface area contributed by atoms with Crippen LogP contribution in [0.5, 0.6) is 0 Å². The van der Waals surface area contributed by atoms with Gasteiger partial charge in [-0.3, -0.25) is 0 Å². The monoisotopic (exact) mass is 850 g/mol. The molecule has 1 nitrogen and oxygen atoms in total. The van der Waals surface area contributed by atoms with Gasteiger partial charge in [-0.25, -0.2) is 0 Å². The van der Waals surface area contributed by atoms with E-state index in [-0.39, 0.29) is 56.7 Å². The molecule has 0 fully saturated rings. The van der Waals surface area contributed by atoms with Crippen LogP contribution in [0.2, 0.25) is 0 Å². The molecule has 6 rings (SSSR count). The molecule has 44 heavy (non-hydrogen) atoms. The fourth-order valence-corrected chi connectivity index (χ4v) is 14.0. The molecule has 0 unspecified atom stereocenters. The number of benzene rings is 6. The van der Waals surface area contributed by atoms with E-state index in [0.29, 0.717) is 0 Å². The second-order valence-electron chi connectivity index (χ2n) is 8.68. The summed E-state index contributed by atoms with van der Waals surface area (Å²) in [5, 5.41) is 0. The van der Waals surface area contributed by atoms with Crippen molar-refractivity contribution in [3.05, 3.63) is 182 Å². The van der Waals surface area contributed by atoms with Gasteiger partial charge in [0.25, 0.3) is 0 Å². The second-order valence-corrected chi connectivity index (χ2v) is 18.0. The fourth-order valence-electron chi connectivity index (χ4n) is 4.36. The van der Waals surface area contributed by atoms with Crippen LogP contribution in [0.3, 0.4) is 0 Å². The van der Waals surface area contributed by atoms with Crippen molar-refractivity contribution in [1.82, 2.24) is 0 Å². The Morgan fingerprint density at radius 2 is 0.386 bits per heavy atom. The van der Waals surface area contributed by atoms with Crippen LogP contribution in [0.1, 0.15) is 0 Å². The van der Waals surface area contributed by atoms with Crippen molar-refractivity contribution in [2.24, 2.45) is 0 Å². The zero-order chi connectivity index (χ0) is 27.8. The Hall–Kier alpha value is -2.40.